The summed E-state index contributed by atoms with van der Waals surface area (Å²) in [6, 6.07) is 16.0. The van der Waals surface area contributed by atoms with Crippen molar-refractivity contribution in [2.75, 3.05) is 17.7 Å². The molecule has 0 aliphatic rings. The molecule has 0 radical (unpaired) electrons. The van der Waals surface area contributed by atoms with Crippen LogP contribution in [0.25, 0.3) is 0 Å². The van der Waals surface area contributed by atoms with E-state index in [1.165, 1.54) is 5.56 Å². The molecule has 0 fully saturated rings. The van der Waals surface area contributed by atoms with Crippen LogP contribution in [0.1, 0.15) is 25.3 Å². The Morgan fingerprint density at radius 1 is 1.10 bits per heavy atom. The summed E-state index contributed by atoms with van der Waals surface area (Å²) in [6.45, 7) is 3.71. The summed E-state index contributed by atoms with van der Waals surface area (Å²) in [5, 5.41) is 3.37. The molecular formula is C17H22N2O. The molecule has 0 spiro atoms. The third-order valence-corrected chi connectivity index (χ3v) is 3.07. The van der Waals surface area contributed by atoms with Gasteiger partial charge in [-0.15, -0.1) is 0 Å². The maximum Gasteiger partial charge on any atom is 0.119 e. The number of rotatable bonds is 7. The first-order valence-electron chi connectivity index (χ1n) is 7.09. The van der Waals surface area contributed by atoms with Crippen LogP contribution in [0.5, 0.6) is 5.75 Å². The molecule has 0 aliphatic heterocycles. The maximum atomic E-state index is 5.76. The molecule has 3 heteroatoms. The minimum atomic E-state index is 0.765. The molecule has 0 amide bonds. The minimum absolute atomic E-state index is 0.765. The van der Waals surface area contributed by atoms with Crippen molar-refractivity contribution >= 4 is 11.4 Å². The van der Waals surface area contributed by atoms with E-state index in [1.54, 1.807) is 0 Å². The van der Waals surface area contributed by atoms with Crippen LogP contribution >= 0.6 is 0 Å². The zero-order valence-electron chi connectivity index (χ0n) is 11.9. The Labute approximate surface area is 120 Å². The zero-order valence-corrected chi connectivity index (χ0v) is 11.9. The number of unbranched alkanes of at least 4 members (excludes halogenated alkanes) is 1. The van der Waals surface area contributed by atoms with Gasteiger partial charge < -0.3 is 15.8 Å². The molecule has 0 saturated heterocycles. The van der Waals surface area contributed by atoms with E-state index in [2.05, 4.69) is 18.3 Å². The van der Waals surface area contributed by atoms with Crippen molar-refractivity contribution in [1.82, 2.24) is 0 Å². The van der Waals surface area contributed by atoms with E-state index in [1.807, 2.05) is 42.5 Å². The summed E-state index contributed by atoms with van der Waals surface area (Å²) in [4.78, 5) is 0. The van der Waals surface area contributed by atoms with Crippen LogP contribution in [0.4, 0.5) is 11.4 Å². The number of nitrogen functional groups attached to an aromatic ring is 1. The van der Waals surface area contributed by atoms with Crippen molar-refractivity contribution in [2.24, 2.45) is 0 Å². The predicted octanol–water partition coefficient (Wildman–Crippen LogP) is 4.06. The fourth-order valence-corrected chi connectivity index (χ4v) is 1.91. The molecule has 0 unspecified atom stereocenters. The Morgan fingerprint density at radius 2 is 1.90 bits per heavy atom. The van der Waals surface area contributed by atoms with E-state index < -0.39 is 0 Å². The van der Waals surface area contributed by atoms with Crippen LogP contribution in [0.15, 0.2) is 48.5 Å². The number of anilines is 2. The van der Waals surface area contributed by atoms with Crippen molar-refractivity contribution < 1.29 is 4.74 Å². The van der Waals surface area contributed by atoms with Gasteiger partial charge in [0.1, 0.15) is 5.75 Å². The van der Waals surface area contributed by atoms with Crippen molar-refractivity contribution in [1.29, 1.82) is 0 Å². The summed E-state index contributed by atoms with van der Waals surface area (Å²) in [7, 11) is 0. The van der Waals surface area contributed by atoms with Gasteiger partial charge in [-0.2, -0.15) is 0 Å². The number of benzene rings is 2. The SMILES string of the molecule is CCCCOc1ccc(NCc2cccc(N)c2)cc1. The Hall–Kier alpha value is -2.16. The van der Waals surface area contributed by atoms with E-state index in [0.717, 1.165) is 43.1 Å². The number of ether oxygens (including phenoxy) is 1. The van der Waals surface area contributed by atoms with Crippen molar-refractivity contribution in [3.8, 4) is 5.75 Å². The van der Waals surface area contributed by atoms with Gasteiger partial charge in [-0.3, -0.25) is 0 Å². The lowest BCUT2D eigenvalue weighted by Crippen LogP contribution is -2.00. The minimum Gasteiger partial charge on any atom is -0.494 e. The standard InChI is InChI=1S/C17H22N2O/c1-2-3-11-20-17-9-7-16(8-10-17)19-13-14-5-4-6-15(18)12-14/h4-10,12,19H,2-3,11,13,18H2,1H3. The van der Waals surface area contributed by atoms with Gasteiger partial charge in [-0.25, -0.2) is 0 Å². The van der Waals surface area contributed by atoms with Crippen LogP contribution in [0.2, 0.25) is 0 Å². The largest absolute Gasteiger partial charge is 0.494 e. The van der Waals surface area contributed by atoms with Gasteiger partial charge >= 0.3 is 0 Å². The first kappa shape index (κ1) is 14.3. The average Bonchev–Trinajstić information content (AvgIpc) is 2.47. The second-order valence-electron chi connectivity index (χ2n) is 4.82. The fraction of sp³-hybridized carbons (Fsp3) is 0.294. The van der Waals surface area contributed by atoms with Gasteiger partial charge in [-0.05, 0) is 48.4 Å². The van der Waals surface area contributed by atoms with Gasteiger partial charge in [0.05, 0.1) is 6.61 Å². The number of nitrogens with two attached hydrogens (primary N) is 1. The highest BCUT2D eigenvalue weighted by atomic mass is 16.5. The molecule has 0 aromatic heterocycles. The van der Waals surface area contributed by atoms with Crippen LogP contribution in [0, 0.1) is 0 Å². The molecule has 20 heavy (non-hydrogen) atoms. The van der Waals surface area contributed by atoms with Gasteiger partial charge in [-0.1, -0.05) is 25.5 Å². The van der Waals surface area contributed by atoms with Crippen molar-refractivity contribution in [3.63, 3.8) is 0 Å². The number of hydrogen-bond donors (Lipinski definition) is 2. The Kier molecular flexibility index (Phi) is 5.30. The summed E-state index contributed by atoms with van der Waals surface area (Å²) >= 11 is 0. The molecule has 3 nitrogen and oxygen atoms in total. The highest BCUT2D eigenvalue weighted by molar-refractivity contribution is 5.48. The lowest BCUT2D eigenvalue weighted by molar-refractivity contribution is 0.309. The molecule has 0 aliphatic carbocycles. The number of nitrogens with one attached hydrogen (secondary N) is 1. The normalized spacial score (nSPS) is 10.2. The molecule has 0 atom stereocenters. The molecular weight excluding hydrogens is 248 g/mol. The van der Waals surface area contributed by atoms with E-state index in [9.17, 15) is 0 Å². The molecule has 2 rings (SSSR count). The highest BCUT2D eigenvalue weighted by Gasteiger charge is 1.97. The van der Waals surface area contributed by atoms with E-state index in [0.29, 0.717) is 0 Å². The molecule has 106 valence electrons. The molecule has 2 aromatic carbocycles. The highest BCUT2D eigenvalue weighted by Crippen LogP contribution is 2.17. The first-order chi connectivity index (χ1) is 9.78. The second kappa shape index (κ2) is 7.43. The van der Waals surface area contributed by atoms with Gasteiger partial charge in [0.2, 0.25) is 0 Å². The van der Waals surface area contributed by atoms with E-state index >= 15 is 0 Å². The van der Waals surface area contributed by atoms with E-state index in [4.69, 9.17) is 10.5 Å². The molecule has 3 N–H and O–H groups in total. The van der Waals surface area contributed by atoms with Gasteiger partial charge in [0.15, 0.2) is 0 Å². The summed E-state index contributed by atoms with van der Waals surface area (Å²) in [6.07, 6.45) is 2.25. The van der Waals surface area contributed by atoms with Crippen LogP contribution in [-0.2, 0) is 6.54 Å². The zero-order chi connectivity index (χ0) is 14.2. The van der Waals surface area contributed by atoms with Crippen LogP contribution < -0.4 is 15.8 Å². The number of hydrogen-bond acceptors (Lipinski definition) is 3. The van der Waals surface area contributed by atoms with Crippen molar-refractivity contribution in [3.05, 3.63) is 54.1 Å². The average molecular weight is 270 g/mol. The quantitative estimate of drug-likeness (QED) is 0.589. The van der Waals surface area contributed by atoms with Crippen LogP contribution in [-0.4, -0.2) is 6.61 Å². The summed E-state index contributed by atoms with van der Waals surface area (Å²) in [5.74, 6) is 0.924. The third-order valence-electron chi connectivity index (χ3n) is 3.07. The fourth-order valence-electron chi connectivity index (χ4n) is 1.91. The Balaban J connectivity index is 1.84. The topological polar surface area (TPSA) is 47.3 Å². The van der Waals surface area contributed by atoms with Gasteiger partial charge in [0, 0.05) is 17.9 Å². The smallest absolute Gasteiger partial charge is 0.119 e. The molecule has 0 heterocycles. The summed E-state index contributed by atoms with van der Waals surface area (Å²) in [5.41, 5.74) is 8.81. The second-order valence-corrected chi connectivity index (χ2v) is 4.82. The lowest BCUT2D eigenvalue weighted by Gasteiger charge is -2.09. The lowest BCUT2D eigenvalue weighted by atomic mass is 10.2. The first-order valence-corrected chi connectivity index (χ1v) is 7.09. The predicted molar refractivity (Wildman–Crippen MR) is 85.0 cm³/mol. The monoisotopic (exact) mass is 270 g/mol. The molecule has 0 saturated carbocycles. The third kappa shape index (κ3) is 4.50. The Morgan fingerprint density at radius 3 is 2.60 bits per heavy atom. The summed E-state index contributed by atoms with van der Waals surface area (Å²) < 4.78 is 5.64. The molecule has 2 aromatic rings. The van der Waals surface area contributed by atoms with Crippen LogP contribution in [0.3, 0.4) is 0 Å². The van der Waals surface area contributed by atoms with E-state index in [-0.39, 0.29) is 0 Å². The molecule has 0 bridgehead atoms. The Bertz CT molecular complexity index is 523. The van der Waals surface area contributed by atoms with Crippen molar-refractivity contribution in [2.45, 2.75) is 26.3 Å². The van der Waals surface area contributed by atoms with Gasteiger partial charge in [0.25, 0.3) is 0 Å². The maximum absolute atomic E-state index is 5.76.